The van der Waals surface area contributed by atoms with Crippen molar-refractivity contribution >= 4 is 32.7 Å². The molecule has 0 saturated carbocycles. The smallest absolute Gasteiger partial charge is 0.240 e. The van der Waals surface area contributed by atoms with Gasteiger partial charge in [-0.2, -0.15) is 0 Å². The third-order valence-electron chi connectivity index (χ3n) is 3.08. The van der Waals surface area contributed by atoms with Gasteiger partial charge in [0.1, 0.15) is 6.54 Å². The fourth-order valence-corrected chi connectivity index (χ4v) is 2.63. The highest BCUT2D eigenvalue weighted by Crippen LogP contribution is 2.30. The molecule has 0 atom stereocenters. The van der Waals surface area contributed by atoms with Gasteiger partial charge in [-0.25, -0.2) is 0 Å². The summed E-state index contributed by atoms with van der Waals surface area (Å²) < 4.78 is 7.98. The average Bonchev–Trinajstić information content (AvgIpc) is 2.65. The van der Waals surface area contributed by atoms with Crippen LogP contribution in [0.25, 0.3) is 10.9 Å². The zero-order chi connectivity index (χ0) is 13.8. The van der Waals surface area contributed by atoms with E-state index >= 15 is 0 Å². The lowest BCUT2D eigenvalue weighted by atomic mass is 10.2. The number of carbonyl (C=O) groups is 1. The SMILES string of the molecule is COCCNC(=O)Cn1c(C)c(Br)c2ccccc21. The van der Waals surface area contributed by atoms with E-state index in [-0.39, 0.29) is 5.91 Å². The summed E-state index contributed by atoms with van der Waals surface area (Å²) >= 11 is 3.58. The standard InChI is InChI=1S/C14H17BrN2O2/c1-10-14(15)11-5-3-4-6-12(11)17(10)9-13(18)16-7-8-19-2/h3-6H,7-9H2,1-2H3,(H,16,18). The Balaban J connectivity index is 2.21. The van der Waals surface area contributed by atoms with Crippen LogP contribution in [0, 0.1) is 6.92 Å². The van der Waals surface area contributed by atoms with Crippen molar-refractivity contribution in [3.8, 4) is 0 Å². The van der Waals surface area contributed by atoms with Gasteiger partial charge in [-0.3, -0.25) is 4.79 Å². The number of para-hydroxylation sites is 1. The van der Waals surface area contributed by atoms with Gasteiger partial charge in [-0.05, 0) is 28.9 Å². The molecule has 1 aromatic heterocycles. The van der Waals surface area contributed by atoms with E-state index in [9.17, 15) is 4.79 Å². The van der Waals surface area contributed by atoms with E-state index in [0.717, 1.165) is 21.1 Å². The minimum atomic E-state index is -0.00611. The number of fused-ring (bicyclic) bond motifs is 1. The van der Waals surface area contributed by atoms with E-state index in [1.165, 1.54) is 0 Å². The number of ether oxygens (including phenoxy) is 1. The molecule has 0 fully saturated rings. The van der Waals surface area contributed by atoms with Gasteiger partial charge >= 0.3 is 0 Å². The molecule has 1 N–H and O–H groups in total. The first kappa shape index (κ1) is 14.1. The number of nitrogens with zero attached hydrogens (tertiary/aromatic N) is 1. The molecular weight excluding hydrogens is 308 g/mol. The van der Waals surface area contributed by atoms with E-state index < -0.39 is 0 Å². The van der Waals surface area contributed by atoms with Gasteiger partial charge in [-0.15, -0.1) is 0 Å². The van der Waals surface area contributed by atoms with Gasteiger partial charge in [0.25, 0.3) is 0 Å². The van der Waals surface area contributed by atoms with Crippen molar-refractivity contribution in [2.75, 3.05) is 20.3 Å². The van der Waals surface area contributed by atoms with Crippen LogP contribution in [0.15, 0.2) is 28.7 Å². The first-order valence-corrected chi connectivity index (χ1v) is 6.93. The third kappa shape index (κ3) is 2.98. The monoisotopic (exact) mass is 324 g/mol. The van der Waals surface area contributed by atoms with Crippen LogP contribution in [0.5, 0.6) is 0 Å². The summed E-state index contributed by atoms with van der Waals surface area (Å²) in [5, 5.41) is 3.96. The Morgan fingerprint density at radius 3 is 2.89 bits per heavy atom. The number of aromatic nitrogens is 1. The molecule has 2 rings (SSSR count). The van der Waals surface area contributed by atoms with E-state index in [0.29, 0.717) is 19.7 Å². The summed E-state index contributed by atoms with van der Waals surface area (Å²) in [5.41, 5.74) is 2.12. The van der Waals surface area contributed by atoms with Crippen LogP contribution in [0.4, 0.5) is 0 Å². The molecule has 0 aliphatic heterocycles. The Morgan fingerprint density at radius 1 is 1.42 bits per heavy atom. The van der Waals surface area contributed by atoms with Crippen LogP contribution in [0.1, 0.15) is 5.69 Å². The van der Waals surface area contributed by atoms with E-state index in [2.05, 4.69) is 21.2 Å². The van der Waals surface area contributed by atoms with Crippen molar-refractivity contribution < 1.29 is 9.53 Å². The molecule has 0 unspecified atom stereocenters. The number of rotatable bonds is 5. The third-order valence-corrected chi connectivity index (χ3v) is 4.08. The number of halogens is 1. The summed E-state index contributed by atoms with van der Waals surface area (Å²) in [6, 6.07) is 8.05. The maximum atomic E-state index is 11.9. The highest BCUT2D eigenvalue weighted by Gasteiger charge is 2.13. The van der Waals surface area contributed by atoms with Gasteiger partial charge < -0.3 is 14.6 Å². The maximum Gasteiger partial charge on any atom is 0.240 e. The number of hydrogen-bond donors (Lipinski definition) is 1. The second kappa shape index (κ2) is 6.21. The van der Waals surface area contributed by atoms with Crippen LogP contribution in [-0.2, 0) is 16.1 Å². The van der Waals surface area contributed by atoms with E-state index in [1.54, 1.807) is 7.11 Å². The number of hydrogen-bond acceptors (Lipinski definition) is 2. The Kier molecular flexibility index (Phi) is 4.61. The van der Waals surface area contributed by atoms with Gasteiger partial charge in [-0.1, -0.05) is 18.2 Å². The molecule has 0 aliphatic rings. The molecule has 2 aromatic rings. The number of carbonyl (C=O) groups excluding carboxylic acids is 1. The number of nitrogens with one attached hydrogen (secondary N) is 1. The zero-order valence-corrected chi connectivity index (χ0v) is 12.7. The Hall–Kier alpha value is -1.33. The minimum absolute atomic E-state index is 0.00611. The van der Waals surface area contributed by atoms with Crippen LogP contribution in [0.3, 0.4) is 0 Å². The summed E-state index contributed by atoms with van der Waals surface area (Å²) in [5.74, 6) is -0.00611. The lowest BCUT2D eigenvalue weighted by Gasteiger charge is -2.09. The van der Waals surface area contributed by atoms with Crippen molar-refractivity contribution in [2.45, 2.75) is 13.5 Å². The number of benzene rings is 1. The summed E-state index contributed by atoms with van der Waals surface area (Å²) in [6.07, 6.45) is 0. The molecule has 0 spiro atoms. The molecule has 0 saturated heterocycles. The quantitative estimate of drug-likeness (QED) is 0.858. The lowest BCUT2D eigenvalue weighted by molar-refractivity contribution is -0.121. The first-order chi connectivity index (χ1) is 9.15. The number of methoxy groups -OCH3 is 1. The molecule has 0 aliphatic carbocycles. The topological polar surface area (TPSA) is 43.3 Å². The summed E-state index contributed by atoms with van der Waals surface area (Å²) in [4.78, 5) is 11.9. The van der Waals surface area contributed by atoms with Crippen molar-refractivity contribution in [1.29, 1.82) is 0 Å². The molecule has 4 nitrogen and oxygen atoms in total. The molecule has 1 aromatic carbocycles. The van der Waals surface area contributed by atoms with Crippen LogP contribution >= 0.6 is 15.9 Å². The zero-order valence-electron chi connectivity index (χ0n) is 11.1. The summed E-state index contributed by atoms with van der Waals surface area (Å²) in [7, 11) is 1.62. The predicted octanol–water partition coefficient (Wildman–Crippen LogP) is 2.47. The Morgan fingerprint density at radius 2 is 2.16 bits per heavy atom. The molecule has 1 heterocycles. The molecule has 0 radical (unpaired) electrons. The highest BCUT2D eigenvalue weighted by atomic mass is 79.9. The first-order valence-electron chi connectivity index (χ1n) is 6.14. The number of amides is 1. The van der Waals surface area contributed by atoms with Crippen molar-refractivity contribution in [3.05, 3.63) is 34.4 Å². The second-order valence-corrected chi connectivity index (χ2v) is 5.14. The molecule has 5 heteroatoms. The molecule has 19 heavy (non-hydrogen) atoms. The maximum absolute atomic E-state index is 11.9. The second-order valence-electron chi connectivity index (χ2n) is 4.35. The molecule has 0 bridgehead atoms. The lowest BCUT2D eigenvalue weighted by Crippen LogP contribution is -2.30. The van der Waals surface area contributed by atoms with Crippen LogP contribution < -0.4 is 5.32 Å². The predicted molar refractivity (Wildman–Crippen MR) is 79.3 cm³/mol. The van der Waals surface area contributed by atoms with Crippen molar-refractivity contribution in [1.82, 2.24) is 9.88 Å². The van der Waals surface area contributed by atoms with Crippen LogP contribution in [-0.4, -0.2) is 30.7 Å². The normalized spacial score (nSPS) is 10.9. The van der Waals surface area contributed by atoms with Crippen LogP contribution in [0.2, 0.25) is 0 Å². The van der Waals surface area contributed by atoms with Gasteiger partial charge in [0.2, 0.25) is 5.91 Å². The van der Waals surface area contributed by atoms with E-state index in [4.69, 9.17) is 4.74 Å². The Labute approximate surface area is 120 Å². The van der Waals surface area contributed by atoms with E-state index in [1.807, 2.05) is 35.8 Å². The fourth-order valence-electron chi connectivity index (χ4n) is 2.08. The average molecular weight is 325 g/mol. The van der Waals surface area contributed by atoms with Gasteiger partial charge in [0, 0.05) is 34.7 Å². The van der Waals surface area contributed by atoms with Crippen molar-refractivity contribution in [3.63, 3.8) is 0 Å². The fraction of sp³-hybridized carbons (Fsp3) is 0.357. The molecule has 1 amide bonds. The van der Waals surface area contributed by atoms with Gasteiger partial charge in [0.05, 0.1) is 6.61 Å². The molecule has 102 valence electrons. The Bertz CT molecular complexity index is 592. The highest BCUT2D eigenvalue weighted by molar-refractivity contribution is 9.10. The minimum Gasteiger partial charge on any atom is -0.383 e. The largest absolute Gasteiger partial charge is 0.383 e. The van der Waals surface area contributed by atoms with Crippen molar-refractivity contribution in [2.24, 2.45) is 0 Å². The molecular formula is C14H17BrN2O2. The van der Waals surface area contributed by atoms with Gasteiger partial charge in [0.15, 0.2) is 0 Å². The summed E-state index contributed by atoms with van der Waals surface area (Å²) in [6.45, 7) is 3.39.